The molecule has 1 aromatic heterocycles. The van der Waals surface area contributed by atoms with E-state index in [1.54, 1.807) is 4.90 Å². The number of amides is 1. The van der Waals surface area contributed by atoms with Gasteiger partial charge in [-0.15, -0.1) is 5.10 Å². The van der Waals surface area contributed by atoms with Gasteiger partial charge in [-0.2, -0.15) is 0 Å². The Kier molecular flexibility index (Phi) is 4.10. The molecule has 1 aliphatic heterocycles. The van der Waals surface area contributed by atoms with Crippen molar-refractivity contribution in [2.45, 2.75) is 13.0 Å². The number of carbonyl (C=O) groups is 2. The maximum Gasteiger partial charge on any atom is 0.358 e. The lowest BCUT2D eigenvalue weighted by atomic mass is 10.4. The third kappa shape index (κ3) is 3.50. The predicted octanol–water partition coefficient (Wildman–Crippen LogP) is -0.860. The highest BCUT2D eigenvalue weighted by atomic mass is 16.4. The lowest BCUT2D eigenvalue weighted by molar-refractivity contribution is -0.131. The number of rotatable bonds is 3. The summed E-state index contributed by atoms with van der Waals surface area (Å²) in [6, 6.07) is 0. The Morgan fingerprint density at radius 1 is 1.32 bits per heavy atom. The standard InChI is InChI=1S/C11H17N5O3/c1-14-3-2-4-15(6-5-14)10(17)8-16-7-9(11(18)19)12-13-16/h7H,2-6,8H2,1H3,(H,18,19). The van der Waals surface area contributed by atoms with Gasteiger partial charge in [-0.3, -0.25) is 4.79 Å². The van der Waals surface area contributed by atoms with Crippen molar-refractivity contribution < 1.29 is 14.7 Å². The summed E-state index contributed by atoms with van der Waals surface area (Å²) in [5.41, 5.74) is -0.150. The Hall–Kier alpha value is -1.96. The van der Waals surface area contributed by atoms with Crippen molar-refractivity contribution in [3.8, 4) is 0 Å². The van der Waals surface area contributed by atoms with Crippen molar-refractivity contribution in [2.24, 2.45) is 0 Å². The van der Waals surface area contributed by atoms with Gasteiger partial charge >= 0.3 is 5.97 Å². The SMILES string of the molecule is CN1CCCN(C(=O)Cn2cc(C(=O)O)nn2)CC1. The molecule has 19 heavy (non-hydrogen) atoms. The topological polar surface area (TPSA) is 91.6 Å². The van der Waals surface area contributed by atoms with Crippen molar-refractivity contribution in [1.82, 2.24) is 24.8 Å². The van der Waals surface area contributed by atoms with E-state index in [4.69, 9.17) is 5.11 Å². The van der Waals surface area contributed by atoms with Crippen LogP contribution in [-0.2, 0) is 11.3 Å². The molecular formula is C11H17N5O3. The van der Waals surface area contributed by atoms with Gasteiger partial charge in [0.2, 0.25) is 5.91 Å². The molecule has 2 rings (SSSR count). The molecule has 0 saturated carbocycles. The highest BCUT2D eigenvalue weighted by Gasteiger charge is 2.18. The molecule has 8 nitrogen and oxygen atoms in total. The quantitative estimate of drug-likeness (QED) is 0.766. The van der Waals surface area contributed by atoms with Gasteiger partial charge in [-0.1, -0.05) is 5.21 Å². The largest absolute Gasteiger partial charge is 0.476 e. The van der Waals surface area contributed by atoms with Crippen molar-refractivity contribution in [3.05, 3.63) is 11.9 Å². The highest BCUT2D eigenvalue weighted by Crippen LogP contribution is 2.03. The van der Waals surface area contributed by atoms with E-state index in [0.29, 0.717) is 6.54 Å². The second kappa shape index (κ2) is 5.79. The molecule has 0 aliphatic carbocycles. The number of carboxylic acids is 1. The van der Waals surface area contributed by atoms with Crippen LogP contribution < -0.4 is 0 Å². The lowest BCUT2D eigenvalue weighted by Crippen LogP contribution is -2.36. The monoisotopic (exact) mass is 267 g/mol. The molecule has 0 radical (unpaired) electrons. The zero-order valence-electron chi connectivity index (χ0n) is 10.8. The molecule has 0 bridgehead atoms. The summed E-state index contributed by atoms with van der Waals surface area (Å²) in [7, 11) is 2.03. The van der Waals surface area contributed by atoms with Crippen LogP contribution in [0, 0.1) is 0 Å². The van der Waals surface area contributed by atoms with Crippen molar-refractivity contribution in [3.63, 3.8) is 0 Å². The smallest absolute Gasteiger partial charge is 0.358 e. The first-order chi connectivity index (χ1) is 9.06. The third-order valence-corrected chi connectivity index (χ3v) is 3.13. The fraction of sp³-hybridized carbons (Fsp3) is 0.636. The fourth-order valence-electron chi connectivity index (χ4n) is 2.01. The number of carbonyl (C=O) groups excluding carboxylic acids is 1. The summed E-state index contributed by atoms with van der Waals surface area (Å²) >= 11 is 0. The van der Waals surface area contributed by atoms with E-state index < -0.39 is 5.97 Å². The van der Waals surface area contributed by atoms with Gasteiger partial charge in [0.15, 0.2) is 5.69 Å². The van der Waals surface area contributed by atoms with Crippen LogP contribution >= 0.6 is 0 Å². The maximum atomic E-state index is 12.1. The first-order valence-electron chi connectivity index (χ1n) is 6.16. The Labute approximate surface area is 110 Å². The van der Waals surface area contributed by atoms with E-state index >= 15 is 0 Å². The van der Waals surface area contributed by atoms with Crippen molar-refractivity contribution in [1.29, 1.82) is 0 Å². The Morgan fingerprint density at radius 2 is 2.11 bits per heavy atom. The van der Waals surface area contributed by atoms with E-state index in [-0.39, 0.29) is 18.1 Å². The molecule has 0 unspecified atom stereocenters. The van der Waals surface area contributed by atoms with Gasteiger partial charge in [-0.25, -0.2) is 9.48 Å². The zero-order valence-corrected chi connectivity index (χ0v) is 10.8. The van der Waals surface area contributed by atoms with E-state index in [1.165, 1.54) is 10.9 Å². The number of aromatic nitrogens is 3. The van der Waals surface area contributed by atoms with Crippen molar-refractivity contribution in [2.75, 3.05) is 33.2 Å². The van der Waals surface area contributed by atoms with Gasteiger partial charge < -0.3 is 14.9 Å². The molecule has 1 saturated heterocycles. The summed E-state index contributed by atoms with van der Waals surface area (Å²) in [6.45, 7) is 3.28. The third-order valence-electron chi connectivity index (χ3n) is 3.13. The predicted molar refractivity (Wildman–Crippen MR) is 65.7 cm³/mol. The number of hydrogen-bond acceptors (Lipinski definition) is 5. The number of likely N-dealkylation sites (N-methyl/N-ethyl adjacent to an activating group) is 1. The molecule has 0 aromatic carbocycles. The molecule has 8 heteroatoms. The number of aromatic carboxylic acids is 1. The minimum atomic E-state index is -1.14. The van der Waals surface area contributed by atoms with E-state index in [0.717, 1.165) is 26.1 Å². The number of hydrogen-bond donors (Lipinski definition) is 1. The van der Waals surface area contributed by atoms with E-state index in [1.807, 2.05) is 7.05 Å². The molecule has 2 heterocycles. The van der Waals surface area contributed by atoms with Crippen LogP contribution in [0.5, 0.6) is 0 Å². The van der Waals surface area contributed by atoms with Crippen LogP contribution in [-0.4, -0.2) is 75.0 Å². The van der Waals surface area contributed by atoms with Crippen molar-refractivity contribution >= 4 is 11.9 Å². The Morgan fingerprint density at radius 3 is 2.79 bits per heavy atom. The fourth-order valence-corrected chi connectivity index (χ4v) is 2.01. The normalized spacial score (nSPS) is 17.2. The number of carboxylic acid groups (broad SMARTS) is 1. The second-order valence-corrected chi connectivity index (χ2v) is 4.64. The van der Waals surface area contributed by atoms with E-state index in [9.17, 15) is 9.59 Å². The summed E-state index contributed by atoms with van der Waals surface area (Å²) in [6.07, 6.45) is 2.21. The molecule has 1 N–H and O–H groups in total. The zero-order chi connectivity index (χ0) is 13.8. The lowest BCUT2D eigenvalue weighted by Gasteiger charge is -2.20. The molecule has 1 aliphatic rings. The molecule has 104 valence electrons. The molecule has 0 spiro atoms. The molecule has 1 fully saturated rings. The van der Waals surface area contributed by atoms with Gasteiger partial charge in [0.25, 0.3) is 0 Å². The first kappa shape index (κ1) is 13.5. The highest BCUT2D eigenvalue weighted by molar-refractivity contribution is 5.84. The van der Waals surface area contributed by atoms with Crippen LogP contribution in [0.4, 0.5) is 0 Å². The molecule has 0 atom stereocenters. The van der Waals surface area contributed by atoms with Crippen LogP contribution in [0.3, 0.4) is 0 Å². The Balaban J connectivity index is 1.94. The average molecular weight is 267 g/mol. The first-order valence-corrected chi connectivity index (χ1v) is 6.16. The van der Waals surface area contributed by atoms with Crippen LogP contribution in [0.1, 0.15) is 16.9 Å². The summed E-state index contributed by atoms with van der Waals surface area (Å²) in [4.78, 5) is 26.7. The Bertz CT molecular complexity index is 473. The average Bonchev–Trinajstić information content (AvgIpc) is 2.71. The maximum absolute atomic E-state index is 12.1. The second-order valence-electron chi connectivity index (χ2n) is 4.64. The van der Waals surface area contributed by atoms with E-state index in [2.05, 4.69) is 15.2 Å². The van der Waals surface area contributed by atoms with Crippen LogP contribution in [0.25, 0.3) is 0 Å². The van der Waals surface area contributed by atoms with Gasteiger partial charge in [0.1, 0.15) is 6.54 Å². The summed E-state index contributed by atoms with van der Waals surface area (Å²) in [5.74, 6) is -1.20. The minimum Gasteiger partial charge on any atom is -0.476 e. The van der Waals surface area contributed by atoms with Gasteiger partial charge in [-0.05, 0) is 20.0 Å². The minimum absolute atomic E-state index is 0.0317. The van der Waals surface area contributed by atoms with Gasteiger partial charge in [0.05, 0.1) is 6.20 Å². The van der Waals surface area contributed by atoms with Crippen LogP contribution in [0.2, 0.25) is 0 Å². The van der Waals surface area contributed by atoms with Gasteiger partial charge in [0, 0.05) is 19.6 Å². The van der Waals surface area contributed by atoms with Crippen LogP contribution in [0.15, 0.2) is 6.20 Å². The summed E-state index contributed by atoms with van der Waals surface area (Å²) < 4.78 is 1.26. The molecule has 1 aromatic rings. The number of nitrogens with zero attached hydrogens (tertiary/aromatic N) is 5. The molecule has 1 amide bonds. The molecular weight excluding hydrogens is 250 g/mol. The summed E-state index contributed by atoms with van der Waals surface area (Å²) in [5, 5.41) is 15.8.